The second-order valence-electron chi connectivity index (χ2n) is 10.2. The van der Waals surface area contributed by atoms with Crippen LogP contribution in [-0.4, -0.2) is 65.0 Å². The Morgan fingerprint density at radius 2 is 1.86 bits per heavy atom. The van der Waals surface area contributed by atoms with E-state index in [-0.39, 0.29) is 25.0 Å². The maximum atomic E-state index is 13.2. The van der Waals surface area contributed by atoms with Crippen LogP contribution in [0.2, 0.25) is 0 Å². The van der Waals surface area contributed by atoms with E-state index in [0.717, 1.165) is 34.3 Å². The number of carbonyl (C=O) groups excluding carboxylic acids is 2. The molecule has 1 aromatic rings. The summed E-state index contributed by atoms with van der Waals surface area (Å²) in [5.74, 6) is -1.85. The Kier molecular flexibility index (Phi) is 9.50. The number of aromatic hydroxyl groups is 1. The molecular formula is C29H41NO6. The third-order valence-corrected chi connectivity index (χ3v) is 7.67. The van der Waals surface area contributed by atoms with E-state index in [0.29, 0.717) is 43.6 Å². The quantitative estimate of drug-likeness (QED) is 0.315. The van der Waals surface area contributed by atoms with Crippen LogP contribution in [0.25, 0.3) is 6.08 Å². The SMILES string of the molecule is CCCN1C(=O)[C@@H]2[C@@H](CC(COC)=C([C@H](O)CC/C(=C/c3cc(C)c(O)c(C)c3)CC)[C@@H]2CO)C1=O. The number of likely N-dealkylation sites (tertiary alicyclic amines) is 1. The van der Waals surface area contributed by atoms with Gasteiger partial charge in [0.25, 0.3) is 0 Å². The van der Waals surface area contributed by atoms with E-state index in [2.05, 4.69) is 13.0 Å². The van der Waals surface area contributed by atoms with Crippen molar-refractivity contribution in [3.05, 3.63) is 45.5 Å². The van der Waals surface area contributed by atoms with Crippen molar-refractivity contribution in [3.8, 4) is 5.75 Å². The number of aliphatic hydroxyl groups is 2. The molecule has 1 fully saturated rings. The van der Waals surface area contributed by atoms with Gasteiger partial charge in [0.15, 0.2) is 0 Å². The van der Waals surface area contributed by atoms with Gasteiger partial charge < -0.3 is 20.1 Å². The smallest absolute Gasteiger partial charge is 0.233 e. The number of methoxy groups -OCH3 is 1. The number of imide groups is 1. The molecule has 36 heavy (non-hydrogen) atoms. The maximum Gasteiger partial charge on any atom is 0.233 e. The van der Waals surface area contributed by atoms with Crippen LogP contribution in [0.4, 0.5) is 0 Å². The molecule has 1 aliphatic carbocycles. The molecule has 7 nitrogen and oxygen atoms in total. The van der Waals surface area contributed by atoms with Gasteiger partial charge in [-0.1, -0.05) is 25.5 Å². The summed E-state index contributed by atoms with van der Waals surface area (Å²) in [6, 6.07) is 3.89. The van der Waals surface area contributed by atoms with E-state index in [4.69, 9.17) is 4.74 Å². The van der Waals surface area contributed by atoms with E-state index in [1.165, 1.54) is 4.90 Å². The number of fused-ring (bicyclic) bond motifs is 1. The lowest BCUT2D eigenvalue weighted by Gasteiger charge is -2.36. The molecule has 3 rings (SSSR count). The molecule has 7 heteroatoms. The molecule has 0 radical (unpaired) electrons. The molecule has 2 aliphatic rings. The standard InChI is InChI=1S/C29H41NO6/c1-6-10-30-28(34)22-14-21(16-36-5)25(23(15-31)26(22)29(30)35)24(32)9-8-19(7-2)13-20-11-17(3)27(33)18(4)12-20/h11-13,22-24,26,31-33H,6-10,14-16H2,1-5H3/b19-13+/t22-,23+,24-,26-/m1/s1. The van der Waals surface area contributed by atoms with Crippen molar-refractivity contribution < 1.29 is 29.6 Å². The Labute approximate surface area is 214 Å². The van der Waals surface area contributed by atoms with Gasteiger partial charge in [0.05, 0.1) is 31.2 Å². The number of phenols is 1. The fourth-order valence-corrected chi connectivity index (χ4v) is 5.91. The van der Waals surface area contributed by atoms with Gasteiger partial charge in [-0.3, -0.25) is 14.5 Å². The maximum absolute atomic E-state index is 13.2. The van der Waals surface area contributed by atoms with Crippen molar-refractivity contribution in [2.75, 3.05) is 26.9 Å². The Morgan fingerprint density at radius 1 is 1.19 bits per heavy atom. The van der Waals surface area contributed by atoms with Gasteiger partial charge in [-0.2, -0.15) is 0 Å². The largest absolute Gasteiger partial charge is 0.507 e. The minimum atomic E-state index is -0.852. The summed E-state index contributed by atoms with van der Waals surface area (Å²) in [6.07, 6.45) is 4.18. The van der Waals surface area contributed by atoms with Crippen LogP contribution in [0.15, 0.2) is 28.9 Å². The Morgan fingerprint density at radius 3 is 2.42 bits per heavy atom. The van der Waals surface area contributed by atoms with E-state index >= 15 is 0 Å². The number of amides is 2. The zero-order valence-corrected chi connectivity index (χ0v) is 22.2. The molecule has 0 spiro atoms. The molecule has 0 unspecified atom stereocenters. The monoisotopic (exact) mass is 499 g/mol. The van der Waals surface area contributed by atoms with Crippen molar-refractivity contribution in [1.82, 2.24) is 4.90 Å². The average Bonchev–Trinajstić information content (AvgIpc) is 3.08. The average molecular weight is 500 g/mol. The number of allylic oxidation sites excluding steroid dienone is 1. The molecule has 4 atom stereocenters. The fraction of sp³-hybridized carbons (Fsp3) is 0.586. The highest BCUT2D eigenvalue weighted by Crippen LogP contribution is 2.46. The summed E-state index contributed by atoms with van der Waals surface area (Å²) < 4.78 is 5.41. The molecule has 0 aromatic heterocycles. The number of aryl methyl sites for hydroxylation is 2. The van der Waals surface area contributed by atoms with E-state index in [9.17, 15) is 24.9 Å². The predicted molar refractivity (Wildman–Crippen MR) is 139 cm³/mol. The van der Waals surface area contributed by atoms with Gasteiger partial charge in [0.2, 0.25) is 11.8 Å². The number of ether oxygens (including phenoxy) is 1. The highest BCUT2D eigenvalue weighted by Gasteiger charge is 2.54. The molecule has 0 bridgehead atoms. The number of phenolic OH excluding ortho intramolecular Hbond substituents is 1. The molecule has 1 heterocycles. The topological polar surface area (TPSA) is 107 Å². The van der Waals surface area contributed by atoms with Crippen molar-refractivity contribution in [2.24, 2.45) is 17.8 Å². The third-order valence-electron chi connectivity index (χ3n) is 7.67. The highest BCUT2D eigenvalue weighted by atomic mass is 16.5. The Bertz CT molecular complexity index is 1020. The Hall–Kier alpha value is -2.48. The van der Waals surface area contributed by atoms with Crippen molar-refractivity contribution in [2.45, 2.75) is 65.9 Å². The van der Waals surface area contributed by atoms with Gasteiger partial charge in [-0.15, -0.1) is 0 Å². The first-order valence-electron chi connectivity index (χ1n) is 13.0. The summed E-state index contributed by atoms with van der Waals surface area (Å²) in [4.78, 5) is 27.5. The third kappa shape index (κ3) is 5.58. The predicted octanol–water partition coefficient (Wildman–Crippen LogP) is 3.91. The molecule has 198 valence electrons. The first-order chi connectivity index (χ1) is 17.2. The first-order valence-corrected chi connectivity index (χ1v) is 13.0. The summed E-state index contributed by atoms with van der Waals surface area (Å²) >= 11 is 0. The second kappa shape index (κ2) is 12.2. The molecule has 2 amide bonds. The molecular weight excluding hydrogens is 458 g/mol. The summed E-state index contributed by atoms with van der Waals surface area (Å²) in [6.45, 7) is 8.07. The fourth-order valence-electron chi connectivity index (χ4n) is 5.91. The number of hydrogen-bond acceptors (Lipinski definition) is 6. The minimum absolute atomic E-state index is 0.178. The molecule has 1 aliphatic heterocycles. The van der Waals surface area contributed by atoms with Crippen molar-refractivity contribution >= 4 is 17.9 Å². The number of hydrogen-bond donors (Lipinski definition) is 3. The van der Waals surface area contributed by atoms with Crippen LogP contribution in [0.1, 0.15) is 62.6 Å². The number of aliphatic hydroxyl groups excluding tert-OH is 2. The van der Waals surface area contributed by atoms with E-state index in [1.807, 2.05) is 32.9 Å². The Balaban J connectivity index is 1.86. The zero-order valence-electron chi connectivity index (χ0n) is 22.2. The summed E-state index contributed by atoms with van der Waals surface area (Å²) in [5, 5.41) is 31.8. The first kappa shape index (κ1) is 28.1. The van der Waals surface area contributed by atoms with Crippen LogP contribution in [-0.2, 0) is 14.3 Å². The lowest BCUT2D eigenvalue weighted by Crippen LogP contribution is -2.39. The van der Waals surface area contributed by atoms with Crippen LogP contribution in [0, 0.1) is 31.6 Å². The van der Waals surface area contributed by atoms with Gasteiger partial charge in [0, 0.05) is 19.6 Å². The molecule has 1 aromatic carbocycles. The normalized spacial score (nSPS) is 23.5. The second-order valence-corrected chi connectivity index (χ2v) is 10.2. The molecule has 3 N–H and O–H groups in total. The van der Waals surface area contributed by atoms with E-state index in [1.54, 1.807) is 7.11 Å². The number of carbonyl (C=O) groups is 2. The highest BCUT2D eigenvalue weighted by molar-refractivity contribution is 6.05. The lowest BCUT2D eigenvalue weighted by molar-refractivity contribution is -0.140. The lowest BCUT2D eigenvalue weighted by atomic mass is 9.68. The van der Waals surface area contributed by atoms with Gasteiger partial charge in [0.1, 0.15) is 5.75 Å². The van der Waals surface area contributed by atoms with Gasteiger partial charge >= 0.3 is 0 Å². The zero-order chi connectivity index (χ0) is 26.6. The number of rotatable bonds is 11. The number of nitrogens with zero attached hydrogens (tertiary/aromatic N) is 1. The number of benzene rings is 1. The van der Waals surface area contributed by atoms with Crippen LogP contribution < -0.4 is 0 Å². The minimum Gasteiger partial charge on any atom is -0.507 e. The van der Waals surface area contributed by atoms with Gasteiger partial charge in [-0.25, -0.2) is 0 Å². The summed E-state index contributed by atoms with van der Waals surface area (Å²) in [5.41, 5.74) is 5.28. The van der Waals surface area contributed by atoms with Crippen LogP contribution in [0.3, 0.4) is 0 Å². The molecule has 1 saturated heterocycles. The van der Waals surface area contributed by atoms with Crippen molar-refractivity contribution in [1.29, 1.82) is 0 Å². The van der Waals surface area contributed by atoms with E-state index < -0.39 is 23.9 Å². The van der Waals surface area contributed by atoms with Crippen LogP contribution in [0.5, 0.6) is 5.75 Å². The molecule has 0 saturated carbocycles. The van der Waals surface area contributed by atoms with Crippen LogP contribution >= 0.6 is 0 Å². The summed E-state index contributed by atoms with van der Waals surface area (Å²) in [7, 11) is 1.57. The van der Waals surface area contributed by atoms with Crippen molar-refractivity contribution in [3.63, 3.8) is 0 Å². The van der Waals surface area contributed by atoms with Gasteiger partial charge in [-0.05, 0) is 85.9 Å².